The molecule has 3 aromatic carbocycles. The van der Waals surface area contributed by atoms with Gasteiger partial charge >= 0.3 is 0 Å². The smallest absolute Gasteiger partial charge is 0.251 e. The number of ether oxygens (including phenoxy) is 1. The highest BCUT2D eigenvalue weighted by Crippen LogP contribution is 2.25. The molecule has 0 aromatic heterocycles. The predicted molar refractivity (Wildman–Crippen MR) is 123 cm³/mol. The van der Waals surface area contributed by atoms with Gasteiger partial charge in [-0.1, -0.05) is 30.3 Å². The van der Waals surface area contributed by atoms with Crippen LogP contribution in [0.4, 0.5) is 10.1 Å². The Morgan fingerprint density at radius 3 is 2.25 bits per heavy atom. The minimum atomic E-state index is -3.60. The Balaban J connectivity index is 1.77. The first-order valence-corrected chi connectivity index (χ1v) is 11.8. The maximum Gasteiger partial charge on any atom is 0.251 e. The van der Waals surface area contributed by atoms with Crippen molar-refractivity contribution in [2.45, 2.75) is 19.5 Å². The van der Waals surface area contributed by atoms with Gasteiger partial charge in [-0.05, 0) is 55.0 Å². The summed E-state index contributed by atoms with van der Waals surface area (Å²) in [6.45, 7) is 1.91. The quantitative estimate of drug-likeness (QED) is 0.549. The Bertz CT molecular complexity index is 1180. The van der Waals surface area contributed by atoms with Crippen LogP contribution in [0.5, 0.6) is 5.75 Å². The summed E-state index contributed by atoms with van der Waals surface area (Å²) in [5, 5.41) is 2.92. The first-order chi connectivity index (χ1) is 15.2. The maximum absolute atomic E-state index is 13.2. The van der Waals surface area contributed by atoms with Crippen molar-refractivity contribution in [3.05, 3.63) is 95.3 Å². The van der Waals surface area contributed by atoms with Crippen LogP contribution in [0, 0.1) is 5.82 Å². The number of hydrogen-bond acceptors (Lipinski definition) is 4. The van der Waals surface area contributed by atoms with E-state index in [1.165, 1.54) is 28.6 Å². The van der Waals surface area contributed by atoms with Crippen LogP contribution in [0.2, 0.25) is 0 Å². The van der Waals surface area contributed by atoms with Gasteiger partial charge in [0.05, 0.1) is 31.6 Å². The first kappa shape index (κ1) is 23.3. The van der Waals surface area contributed by atoms with Crippen molar-refractivity contribution in [2.24, 2.45) is 0 Å². The summed E-state index contributed by atoms with van der Waals surface area (Å²) in [5.74, 6) is -0.00277. The van der Waals surface area contributed by atoms with E-state index in [1.807, 2.05) is 31.2 Å². The molecular formula is C24H25FN2O4S. The van der Waals surface area contributed by atoms with E-state index in [-0.39, 0.29) is 18.5 Å². The van der Waals surface area contributed by atoms with Crippen molar-refractivity contribution < 1.29 is 22.3 Å². The molecule has 0 fully saturated rings. The highest BCUT2D eigenvalue weighted by atomic mass is 32.2. The molecule has 1 amide bonds. The third-order valence-corrected chi connectivity index (χ3v) is 6.15. The molecule has 0 radical (unpaired) electrons. The summed E-state index contributed by atoms with van der Waals surface area (Å²) in [6, 6.07) is 19.1. The number of nitrogens with one attached hydrogen (secondary N) is 1. The summed E-state index contributed by atoms with van der Waals surface area (Å²) in [7, 11) is -2.02. The second-order valence-corrected chi connectivity index (χ2v) is 9.29. The molecule has 168 valence electrons. The molecule has 0 saturated heterocycles. The number of amides is 1. The molecule has 1 atom stereocenters. The first-order valence-electron chi connectivity index (χ1n) is 9.95. The maximum atomic E-state index is 13.2. The lowest BCUT2D eigenvalue weighted by Crippen LogP contribution is -2.29. The number of nitrogens with zero attached hydrogens (tertiary/aromatic N) is 1. The van der Waals surface area contributed by atoms with E-state index in [0.717, 1.165) is 11.8 Å². The summed E-state index contributed by atoms with van der Waals surface area (Å²) in [4.78, 5) is 12.7. The lowest BCUT2D eigenvalue weighted by molar-refractivity contribution is 0.0939. The Kier molecular flexibility index (Phi) is 7.15. The normalized spacial score (nSPS) is 12.1. The molecule has 1 N–H and O–H groups in total. The second kappa shape index (κ2) is 9.82. The molecule has 8 heteroatoms. The fourth-order valence-electron chi connectivity index (χ4n) is 3.32. The van der Waals surface area contributed by atoms with Crippen molar-refractivity contribution in [3.63, 3.8) is 0 Å². The van der Waals surface area contributed by atoms with E-state index >= 15 is 0 Å². The zero-order chi connectivity index (χ0) is 23.3. The van der Waals surface area contributed by atoms with Crippen molar-refractivity contribution in [2.75, 3.05) is 17.7 Å². The van der Waals surface area contributed by atoms with E-state index in [4.69, 9.17) is 4.74 Å². The molecule has 0 aliphatic heterocycles. The highest BCUT2D eigenvalue weighted by Gasteiger charge is 2.19. The molecule has 3 rings (SSSR count). The van der Waals surface area contributed by atoms with Gasteiger partial charge in [0.1, 0.15) is 11.6 Å². The van der Waals surface area contributed by atoms with Crippen LogP contribution in [-0.2, 0) is 16.6 Å². The Morgan fingerprint density at radius 2 is 1.66 bits per heavy atom. The largest absolute Gasteiger partial charge is 0.496 e. The molecule has 6 nitrogen and oxygen atoms in total. The third-order valence-electron chi connectivity index (χ3n) is 5.01. The lowest BCUT2D eigenvalue weighted by atomic mass is 10.1. The molecular weight excluding hydrogens is 431 g/mol. The molecule has 0 heterocycles. The lowest BCUT2D eigenvalue weighted by Gasteiger charge is -2.23. The molecule has 0 saturated carbocycles. The second-order valence-electron chi connectivity index (χ2n) is 7.38. The van der Waals surface area contributed by atoms with Crippen LogP contribution in [0.1, 0.15) is 34.5 Å². The SMILES string of the molecule is COc1ccccc1C(C)NC(=O)c1ccc(N(Cc2ccc(F)cc2)S(C)(=O)=O)cc1. The Labute approximate surface area is 187 Å². The number of sulfonamides is 1. The van der Waals surface area contributed by atoms with Crippen LogP contribution >= 0.6 is 0 Å². The van der Waals surface area contributed by atoms with Crippen LogP contribution in [0.25, 0.3) is 0 Å². The summed E-state index contributed by atoms with van der Waals surface area (Å²) in [6.07, 6.45) is 1.10. The average Bonchev–Trinajstić information content (AvgIpc) is 2.78. The summed E-state index contributed by atoms with van der Waals surface area (Å²) in [5.41, 5.74) is 2.30. The van der Waals surface area contributed by atoms with Gasteiger partial charge in [-0.2, -0.15) is 0 Å². The Hall–Kier alpha value is -3.39. The average molecular weight is 457 g/mol. The van der Waals surface area contributed by atoms with Crippen LogP contribution < -0.4 is 14.4 Å². The summed E-state index contributed by atoms with van der Waals surface area (Å²) >= 11 is 0. The molecule has 32 heavy (non-hydrogen) atoms. The van der Waals surface area contributed by atoms with Gasteiger partial charge in [0, 0.05) is 11.1 Å². The van der Waals surface area contributed by atoms with Gasteiger partial charge in [0.15, 0.2) is 0 Å². The number of carbonyl (C=O) groups excluding carboxylic acids is 1. The number of hydrogen-bond donors (Lipinski definition) is 1. The number of carbonyl (C=O) groups is 1. The van der Waals surface area contributed by atoms with Crippen molar-refractivity contribution >= 4 is 21.6 Å². The van der Waals surface area contributed by atoms with Gasteiger partial charge in [-0.3, -0.25) is 9.10 Å². The minimum absolute atomic E-state index is 0.0511. The van der Waals surface area contributed by atoms with Gasteiger partial charge in [0.25, 0.3) is 5.91 Å². The van der Waals surface area contributed by atoms with Gasteiger partial charge in [0.2, 0.25) is 10.0 Å². The molecule has 0 aliphatic carbocycles. The van der Waals surface area contributed by atoms with E-state index in [1.54, 1.807) is 31.4 Å². The number of para-hydroxylation sites is 1. The van der Waals surface area contributed by atoms with Gasteiger partial charge < -0.3 is 10.1 Å². The number of rotatable bonds is 8. The molecule has 0 aliphatic rings. The third kappa shape index (κ3) is 5.64. The number of halogens is 1. The number of anilines is 1. The highest BCUT2D eigenvalue weighted by molar-refractivity contribution is 7.92. The van der Waals surface area contributed by atoms with Crippen LogP contribution in [0.3, 0.4) is 0 Å². The minimum Gasteiger partial charge on any atom is -0.496 e. The van der Waals surface area contributed by atoms with E-state index in [2.05, 4.69) is 5.32 Å². The Morgan fingerprint density at radius 1 is 1.03 bits per heavy atom. The van der Waals surface area contributed by atoms with Gasteiger partial charge in [-0.15, -0.1) is 0 Å². The standard InChI is InChI=1S/C24H25FN2O4S/c1-17(22-6-4-5-7-23(22)31-2)26-24(28)19-10-14-21(15-11-19)27(32(3,29)30)16-18-8-12-20(25)13-9-18/h4-15,17H,16H2,1-3H3,(H,26,28). The fourth-order valence-corrected chi connectivity index (χ4v) is 4.20. The fraction of sp³-hybridized carbons (Fsp3) is 0.208. The van der Waals surface area contributed by atoms with E-state index < -0.39 is 15.8 Å². The van der Waals surface area contributed by atoms with Crippen LogP contribution in [0.15, 0.2) is 72.8 Å². The zero-order valence-electron chi connectivity index (χ0n) is 18.1. The summed E-state index contributed by atoms with van der Waals surface area (Å²) < 4.78 is 44.4. The molecule has 3 aromatic rings. The number of benzene rings is 3. The molecule has 1 unspecified atom stereocenters. The molecule has 0 spiro atoms. The van der Waals surface area contributed by atoms with Crippen LogP contribution in [-0.4, -0.2) is 27.7 Å². The van der Waals surface area contributed by atoms with Crippen molar-refractivity contribution in [1.29, 1.82) is 0 Å². The van der Waals surface area contributed by atoms with Gasteiger partial charge in [-0.25, -0.2) is 12.8 Å². The predicted octanol–water partition coefficient (Wildman–Crippen LogP) is 4.29. The van der Waals surface area contributed by atoms with Crippen molar-refractivity contribution in [1.82, 2.24) is 5.32 Å². The molecule has 0 bridgehead atoms. The van der Waals surface area contributed by atoms with Crippen molar-refractivity contribution in [3.8, 4) is 5.75 Å². The van der Waals surface area contributed by atoms with E-state index in [9.17, 15) is 17.6 Å². The zero-order valence-corrected chi connectivity index (χ0v) is 18.9. The monoisotopic (exact) mass is 456 g/mol. The topological polar surface area (TPSA) is 75.7 Å². The number of methoxy groups -OCH3 is 1. The van der Waals surface area contributed by atoms with E-state index in [0.29, 0.717) is 22.6 Å².